The van der Waals surface area contributed by atoms with E-state index in [0.29, 0.717) is 24.9 Å². The molecule has 1 aromatic heterocycles. The van der Waals surface area contributed by atoms with Gasteiger partial charge in [-0.1, -0.05) is 19.9 Å². The second-order valence-electron chi connectivity index (χ2n) is 9.65. The van der Waals surface area contributed by atoms with Crippen molar-refractivity contribution < 1.29 is 19.0 Å². The Morgan fingerprint density at radius 2 is 1.93 bits per heavy atom. The van der Waals surface area contributed by atoms with Gasteiger partial charge in [-0.05, 0) is 57.4 Å². The summed E-state index contributed by atoms with van der Waals surface area (Å²) in [6.07, 6.45) is 7.22. The van der Waals surface area contributed by atoms with Crippen LogP contribution in [-0.2, 0) is 9.47 Å². The standard InChI is InChI=1S/C24H38N2O4/c1-18(2)7-12-24(3,4)30-23(27)26-14-8-20(9-15-26)29-22-21(6-5-13-25-22)19-10-16-28-17-11-19/h5-6,13,18-20H,7-12,14-17H2,1-4H3. The summed E-state index contributed by atoms with van der Waals surface area (Å²) in [7, 11) is 0. The van der Waals surface area contributed by atoms with E-state index in [1.54, 1.807) is 6.20 Å². The lowest BCUT2D eigenvalue weighted by molar-refractivity contribution is -0.00402. The van der Waals surface area contributed by atoms with E-state index in [-0.39, 0.29) is 12.2 Å². The number of hydrogen-bond acceptors (Lipinski definition) is 5. The number of amides is 1. The maximum absolute atomic E-state index is 12.6. The van der Waals surface area contributed by atoms with E-state index in [4.69, 9.17) is 14.2 Å². The summed E-state index contributed by atoms with van der Waals surface area (Å²) < 4.78 is 17.6. The van der Waals surface area contributed by atoms with Crippen molar-refractivity contribution in [2.75, 3.05) is 26.3 Å². The van der Waals surface area contributed by atoms with Gasteiger partial charge in [0.2, 0.25) is 5.88 Å². The van der Waals surface area contributed by atoms with E-state index in [1.807, 2.05) is 24.8 Å². The van der Waals surface area contributed by atoms with Crippen LogP contribution in [-0.4, -0.2) is 54.0 Å². The second kappa shape index (κ2) is 10.5. The highest BCUT2D eigenvalue weighted by Crippen LogP contribution is 2.33. The highest BCUT2D eigenvalue weighted by Gasteiger charge is 2.30. The van der Waals surface area contributed by atoms with E-state index in [2.05, 4.69) is 24.9 Å². The van der Waals surface area contributed by atoms with Gasteiger partial charge in [0.15, 0.2) is 0 Å². The first-order chi connectivity index (χ1) is 14.3. The number of ether oxygens (including phenoxy) is 3. The molecule has 0 radical (unpaired) electrons. The van der Waals surface area contributed by atoms with Gasteiger partial charge in [0, 0.05) is 50.9 Å². The zero-order chi connectivity index (χ0) is 21.6. The Hall–Kier alpha value is -1.82. The molecular formula is C24H38N2O4. The molecule has 0 saturated carbocycles. The first-order valence-corrected chi connectivity index (χ1v) is 11.5. The lowest BCUT2D eigenvalue weighted by atomic mass is 9.92. The van der Waals surface area contributed by atoms with Crippen LogP contribution in [0.1, 0.15) is 77.7 Å². The second-order valence-corrected chi connectivity index (χ2v) is 9.65. The van der Waals surface area contributed by atoms with Crippen LogP contribution in [0.25, 0.3) is 0 Å². The third-order valence-electron chi connectivity index (χ3n) is 6.13. The van der Waals surface area contributed by atoms with Gasteiger partial charge >= 0.3 is 6.09 Å². The van der Waals surface area contributed by atoms with Crippen LogP contribution >= 0.6 is 0 Å². The van der Waals surface area contributed by atoms with Crippen molar-refractivity contribution in [1.82, 2.24) is 9.88 Å². The maximum Gasteiger partial charge on any atom is 0.410 e. The molecule has 2 fully saturated rings. The molecule has 2 aliphatic rings. The average molecular weight is 419 g/mol. The van der Waals surface area contributed by atoms with E-state index >= 15 is 0 Å². The molecule has 0 unspecified atom stereocenters. The Kier molecular flexibility index (Phi) is 7.98. The summed E-state index contributed by atoms with van der Waals surface area (Å²) >= 11 is 0. The molecular weight excluding hydrogens is 380 g/mol. The van der Waals surface area contributed by atoms with Crippen LogP contribution in [0.4, 0.5) is 4.79 Å². The highest BCUT2D eigenvalue weighted by molar-refractivity contribution is 5.68. The first kappa shape index (κ1) is 22.9. The van der Waals surface area contributed by atoms with Gasteiger partial charge in [-0.25, -0.2) is 9.78 Å². The number of carbonyl (C=O) groups excluding carboxylic acids is 1. The van der Waals surface area contributed by atoms with Crippen molar-refractivity contribution in [2.45, 2.75) is 83.8 Å². The lowest BCUT2D eigenvalue weighted by Crippen LogP contribution is -2.44. The fourth-order valence-electron chi connectivity index (χ4n) is 4.12. The smallest absolute Gasteiger partial charge is 0.410 e. The molecule has 1 amide bonds. The number of rotatable bonds is 7. The molecule has 0 aromatic carbocycles. The fourth-order valence-corrected chi connectivity index (χ4v) is 4.12. The third-order valence-corrected chi connectivity index (χ3v) is 6.13. The number of piperidine rings is 1. The van der Waals surface area contributed by atoms with Gasteiger partial charge in [0.25, 0.3) is 0 Å². The molecule has 3 heterocycles. The van der Waals surface area contributed by atoms with Crippen molar-refractivity contribution in [3.63, 3.8) is 0 Å². The molecule has 168 valence electrons. The molecule has 0 aliphatic carbocycles. The zero-order valence-corrected chi connectivity index (χ0v) is 19.1. The van der Waals surface area contributed by atoms with Gasteiger partial charge < -0.3 is 19.1 Å². The van der Waals surface area contributed by atoms with Crippen molar-refractivity contribution >= 4 is 6.09 Å². The van der Waals surface area contributed by atoms with Crippen LogP contribution in [0.3, 0.4) is 0 Å². The van der Waals surface area contributed by atoms with E-state index < -0.39 is 5.60 Å². The van der Waals surface area contributed by atoms with Crippen LogP contribution in [0.15, 0.2) is 18.3 Å². The molecule has 0 atom stereocenters. The van der Waals surface area contributed by atoms with Crippen LogP contribution < -0.4 is 4.74 Å². The molecule has 0 spiro atoms. The molecule has 30 heavy (non-hydrogen) atoms. The topological polar surface area (TPSA) is 60.9 Å². The largest absolute Gasteiger partial charge is 0.474 e. The number of nitrogens with zero attached hydrogens (tertiary/aromatic N) is 2. The Morgan fingerprint density at radius 3 is 2.60 bits per heavy atom. The van der Waals surface area contributed by atoms with Crippen LogP contribution in [0.5, 0.6) is 5.88 Å². The van der Waals surface area contributed by atoms with Crippen molar-refractivity contribution in [3.8, 4) is 5.88 Å². The minimum Gasteiger partial charge on any atom is -0.474 e. The summed E-state index contributed by atoms with van der Waals surface area (Å²) in [5, 5.41) is 0. The van der Waals surface area contributed by atoms with Crippen molar-refractivity contribution in [2.24, 2.45) is 5.92 Å². The first-order valence-electron chi connectivity index (χ1n) is 11.5. The average Bonchev–Trinajstić information content (AvgIpc) is 2.74. The van der Waals surface area contributed by atoms with E-state index in [9.17, 15) is 4.79 Å². The number of pyridine rings is 1. The fraction of sp³-hybridized carbons (Fsp3) is 0.750. The van der Waals surface area contributed by atoms with Gasteiger partial charge in [0.05, 0.1) is 0 Å². The number of aromatic nitrogens is 1. The molecule has 2 aliphatic heterocycles. The Balaban J connectivity index is 1.50. The van der Waals surface area contributed by atoms with Gasteiger partial charge in [-0.15, -0.1) is 0 Å². The Labute approximate surface area is 181 Å². The summed E-state index contributed by atoms with van der Waals surface area (Å²) in [6, 6.07) is 4.11. The highest BCUT2D eigenvalue weighted by atomic mass is 16.6. The molecule has 6 heteroatoms. The maximum atomic E-state index is 12.6. The van der Waals surface area contributed by atoms with Crippen molar-refractivity contribution in [1.29, 1.82) is 0 Å². The van der Waals surface area contributed by atoms with Gasteiger partial charge in [-0.3, -0.25) is 0 Å². The third kappa shape index (κ3) is 6.59. The Bertz CT molecular complexity index is 678. The van der Waals surface area contributed by atoms with Gasteiger partial charge in [0.1, 0.15) is 11.7 Å². The predicted octanol–water partition coefficient (Wildman–Crippen LogP) is 5.17. The SMILES string of the molecule is CC(C)CCC(C)(C)OC(=O)N1CCC(Oc2ncccc2C2CCOCC2)CC1. The number of likely N-dealkylation sites (tertiary alicyclic amines) is 1. The summed E-state index contributed by atoms with van der Waals surface area (Å²) in [6.45, 7) is 11.3. The lowest BCUT2D eigenvalue weighted by Gasteiger charge is -2.35. The van der Waals surface area contributed by atoms with E-state index in [0.717, 1.165) is 57.6 Å². The molecule has 1 aromatic rings. The summed E-state index contributed by atoms with van der Waals surface area (Å²) in [5.41, 5.74) is 0.760. The summed E-state index contributed by atoms with van der Waals surface area (Å²) in [4.78, 5) is 19.0. The number of carbonyl (C=O) groups is 1. The van der Waals surface area contributed by atoms with Gasteiger partial charge in [-0.2, -0.15) is 0 Å². The molecule has 0 bridgehead atoms. The molecule has 2 saturated heterocycles. The molecule has 3 rings (SSSR count). The normalized spacial score (nSPS) is 19.2. The van der Waals surface area contributed by atoms with Crippen LogP contribution in [0, 0.1) is 5.92 Å². The predicted molar refractivity (Wildman–Crippen MR) is 117 cm³/mol. The van der Waals surface area contributed by atoms with E-state index in [1.165, 1.54) is 5.56 Å². The van der Waals surface area contributed by atoms with Crippen LogP contribution in [0.2, 0.25) is 0 Å². The zero-order valence-electron chi connectivity index (χ0n) is 19.1. The molecule has 6 nitrogen and oxygen atoms in total. The monoisotopic (exact) mass is 418 g/mol. The summed E-state index contributed by atoms with van der Waals surface area (Å²) in [5.74, 6) is 1.80. The minimum absolute atomic E-state index is 0.0801. The minimum atomic E-state index is -0.429. The van der Waals surface area contributed by atoms with Crippen molar-refractivity contribution in [3.05, 3.63) is 23.9 Å². The Morgan fingerprint density at radius 1 is 1.23 bits per heavy atom. The quantitative estimate of drug-likeness (QED) is 0.611. The number of hydrogen-bond donors (Lipinski definition) is 0. The molecule has 0 N–H and O–H groups in total.